The number of nitrogens with one attached hydrogen (secondary N) is 1. The molecule has 0 radical (unpaired) electrons. The number of methoxy groups -OCH3 is 1. The molecule has 19 heavy (non-hydrogen) atoms. The van der Waals surface area contributed by atoms with Gasteiger partial charge in [-0.15, -0.1) is 0 Å². The van der Waals surface area contributed by atoms with Gasteiger partial charge in [0.1, 0.15) is 11.6 Å². The second kappa shape index (κ2) is 8.68. The maximum absolute atomic E-state index is 5.09. The first-order chi connectivity index (χ1) is 9.10. The number of aryl methyl sites for hydroxylation is 1. The van der Waals surface area contributed by atoms with E-state index in [0.29, 0.717) is 5.92 Å². The van der Waals surface area contributed by atoms with Crippen LogP contribution in [0.25, 0.3) is 0 Å². The molecule has 1 heterocycles. The second-order valence-electron chi connectivity index (χ2n) is 4.87. The molecule has 0 bridgehead atoms. The lowest BCUT2D eigenvalue weighted by molar-refractivity contribution is 0.194. The third-order valence-electron chi connectivity index (χ3n) is 2.76. The van der Waals surface area contributed by atoms with E-state index in [1.807, 2.05) is 0 Å². The van der Waals surface area contributed by atoms with E-state index in [-0.39, 0.29) is 0 Å². The Hall–Kier alpha value is -0.430. The molecule has 0 aromatic carbocycles. The van der Waals surface area contributed by atoms with Gasteiger partial charge in [0.2, 0.25) is 0 Å². The lowest BCUT2D eigenvalue weighted by Crippen LogP contribution is -2.12. The van der Waals surface area contributed by atoms with E-state index in [9.17, 15) is 0 Å². The molecule has 0 aliphatic heterocycles. The summed E-state index contributed by atoms with van der Waals surface area (Å²) in [5.41, 5.74) is 1.14. The van der Waals surface area contributed by atoms with Gasteiger partial charge in [0.15, 0.2) is 0 Å². The largest absolute Gasteiger partial charge is 0.385 e. The van der Waals surface area contributed by atoms with E-state index in [1.165, 1.54) is 0 Å². The molecule has 0 saturated heterocycles. The predicted molar refractivity (Wildman–Crippen MR) is 87.8 cm³/mol. The minimum absolute atomic E-state index is 0.415. The van der Waals surface area contributed by atoms with Crippen molar-refractivity contribution in [2.24, 2.45) is 0 Å². The number of nitrogens with zero attached hydrogens (tertiary/aromatic N) is 2. The van der Waals surface area contributed by atoms with Crippen LogP contribution in [0.3, 0.4) is 0 Å². The van der Waals surface area contributed by atoms with Gasteiger partial charge in [-0.25, -0.2) is 9.97 Å². The Balaban J connectivity index is 2.94. The van der Waals surface area contributed by atoms with Crippen molar-refractivity contribution in [3.05, 3.63) is 15.1 Å². The predicted octanol–water partition coefficient (Wildman–Crippen LogP) is 3.61. The average molecular weight is 377 g/mol. The number of hydrogen-bond donors (Lipinski definition) is 1. The van der Waals surface area contributed by atoms with Crippen molar-refractivity contribution in [2.45, 2.75) is 46.0 Å². The van der Waals surface area contributed by atoms with Gasteiger partial charge < -0.3 is 10.1 Å². The summed E-state index contributed by atoms with van der Waals surface area (Å²) in [5.74, 6) is 2.31. The lowest BCUT2D eigenvalue weighted by atomic mass is 10.1. The third kappa shape index (κ3) is 5.22. The minimum atomic E-state index is 0.415. The van der Waals surface area contributed by atoms with Crippen molar-refractivity contribution < 1.29 is 4.74 Å². The van der Waals surface area contributed by atoms with E-state index >= 15 is 0 Å². The van der Waals surface area contributed by atoms with Crippen molar-refractivity contribution in [3.8, 4) is 0 Å². The zero-order valence-corrected chi connectivity index (χ0v) is 14.5. The fourth-order valence-corrected chi connectivity index (χ4v) is 2.80. The summed E-state index contributed by atoms with van der Waals surface area (Å²) in [6.45, 7) is 8.20. The number of rotatable bonds is 8. The van der Waals surface area contributed by atoms with Crippen LogP contribution in [0.2, 0.25) is 0 Å². The molecule has 108 valence electrons. The summed E-state index contributed by atoms with van der Waals surface area (Å²) in [4.78, 5) is 9.34. The Bertz CT molecular complexity index is 397. The molecular weight excluding hydrogens is 353 g/mol. The first-order valence-corrected chi connectivity index (χ1v) is 7.97. The number of ether oxygens (including phenoxy) is 1. The van der Waals surface area contributed by atoms with Gasteiger partial charge in [0, 0.05) is 26.7 Å². The highest BCUT2D eigenvalue weighted by Gasteiger charge is 2.14. The molecule has 1 N–H and O–H groups in total. The third-order valence-corrected chi connectivity index (χ3v) is 3.82. The summed E-state index contributed by atoms with van der Waals surface area (Å²) in [6, 6.07) is 0. The molecule has 1 rings (SSSR count). The molecule has 0 spiro atoms. The monoisotopic (exact) mass is 377 g/mol. The van der Waals surface area contributed by atoms with Crippen LogP contribution in [-0.2, 0) is 11.2 Å². The highest BCUT2D eigenvalue weighted by molar-refractivity contribution is 14.1. The highest BCUT2D eigenvalue weighted by atomic mass is 127. The van der Waals surface area contributed by atoms with Gasteiger partial charge >= 0.3 is 0 Å². The number of halogens is 1. The van der Waals surface area contributed by atoms with E-state index in [4.69, 9.17) is 9.72 Å². The SMILES string of the molecule is CCCNc1nc(CCCOC)nc(C(C)C)c1I. The van der Waals surface area contributed by atoms with Crippen molar-refractivity contribution in [1.82, 2.24) is 9.97 Å². The van der Waals surface area contributed by atoms with Crippen LogP contribution >= 0.6 is 22.6 Å². The molecule has 0 fully saturated rings. The molecule has 0 aliphatic carbocycles. The van der Waals surface area contributed by atoms with Crippen LogP contribution in [0.1, 0.15) is 51.0 Å². The summed E-state index contributed by atoms with van der Waals surface area (Å²) in [7, 11) is 1.72. The molecule has 0 unspecified atom stereocenters. The molecule has 4 nitrogen and oxygen atoms in total. The van der Waals surface area contributed by atoms with Crippen LogP contribution in [0.4, 0.5) is 5.82 Å². The topological polar surface area (TPSA) is 47.0 Å². The Morgan fingerprint density at radius 3 is 2.63 bits per heavy atom. The van der Waals surface area contributed by atoms with E-state index < -0.39 is 0 Å². The molecule has 0 aliphatic rings. The fraction of sp³-hybridized carbons (Fsp3) is 0.714. The van der Waals surface area contributed by atoms with E-state index in [0.717, 1.165) is 53.3 Å². The van der Waals surface area contributed by atoms with Crippen molar-refractivity contribution in [2.75, 3.05) is 25.6 Å². The Labute approximate surface area is 129 Å². The smallest absolute Gasteiger partial charge is 0.143 e. The van der Waals surface area contributed by atoms with Crippen LogP contribution in [0.15, 0.2) is 0 Å². The van der Waals surface area contributed by atoms with Gasteiger partial charge in [-0.05, 0) is 41.4 Å². The summed E-state index contributed by atoms with van der Waals surface area (Å²) in [6.07, 6.45) is 2.92. The van der Waals surface area contributed by atoms with E-state index in [1.54, 1.807) is 7.11 Å². The number of aromatic nitrogens is 2. The quantitative estimate of drug-likeness (QED) is 0.556. The number of anilines is 1. The first kappa shape index (κ1) is 16.6. The van der Waals surface area contributed by atoms with Crippen molar-refractivity contribution in [1.29, 1.82) is 0 Å². The highest BCUT2D eigenvalue weighted by Crippen LogP contribution is 2.25. The zero-order valence-electron chi connectivity index (χ0n) is 12.3. The summed E-state index contributed by atoms with van der Waals surface area (Å²) in [5, 5.41) is 3.40. The number of hydrogen-bond acceptors (Lipinski definition) is 4. The molecule has 0 amide bonds. The summed E-state index contributed by atoms with van der Waals surface area (Å²) >= 11 is 2.35. The second-order valence-corrected chi connectivity index (χ2v) is 5.94. The maximum atomic E-state index is 5.09. The Morgan fingerprint density at radius 2 is 2.05 bits per heavy atom. The first-order valence-electron chi connectivity index (χ1n) is 6.89. The zero-order chi connectivity index (χ0) is 14.3. The van der Waals surface area contributed by atoms with Crippen LogP contribution in [0, 0.1) is 3.57 Å². The van der Waals surface area contributed by atoms with Gasteiger partial charge in [-0.1, -0.05) is 20.8 Å². The molecule has 5 heteroatoms. The lowest BCUT2D eigenvalue weighted by Gasteiger charge is -2.14. The molecule has 1 aromatic heterocycles. The standard InChI is InChI=1S/C14H24IN3O/c1-5-8-16-14-12(15)13(10(2)3)17-11(18-14)7-6-9-19-4/h10H,5-9H2,1-4H3,(H,16,17,18). The van der Waals surface area contributed by atoms with Crippen molar-refractivity contribution >= 4 is 28.4 Å². The molecule has 0 saturated carbocycles. The Morgan fingerprint density at radius 1 is 1.32 bits per heavy atom. The van der Waals surface area contributed by atoms with Crippen molar-refractivity contribution in [3.63, 3.8) is 0 Å². The molecule has 1 aromatic rings. The van der Waals surface area contributed by atoms with Gasteiger partial charge in [0.05, 0.1) is 9.26 Å². The Kier molecular flexibility index (Phi) is 7.60. The van der Waals surface area contributed by atoms with Crippen LogP contribution < -0.4 is 5.32 Å². The summed E-state index contributed by atoms with van der Waals surface area (Å²) < 4.78 is 6.24. The molecular formula is C14H24IN3O. The molecule has 0 atom stereocenters. The maximum Gasteiger partial charge on any atom is 0.143 e. The van der Waals surface area contributed by atoms with Crippen LogP contribution in [0.5, 0.6) is 0 Å². The van der Waals surface area contributed by atoms with Gasteiger partial charge in [-0.2, -0.15) is 0 Å². The van der Waals surface area contributed by atoms with Gasteiger partial charge in [-0.3, -0.25) is 0 Å². The van der Waals surface area contributed by atoms with E-state index in [2.05, 4.69) is 53.7 Å². The minimum Gasteiger partial charge on any atom is -0.385 e. The fourth-order valence-electron chi connectivity index (χ4n) is 1.74. The van der Waals surface area contributed by atoms with Gasteiger partial charge in [0.25, 0.3) is 0 Å². The normalized spacial score (nSPS) is 11.1. The average Bonchev–Trinajstić information content (AvgIpc) is 2.38. The van der Waals surface area contributed by atoms with Crippen LogP contribution in [-0.4, -0.2) is 30.2 Å².